The third-order valence-electron chi connectivity index (χ3n) is 4.20. The van der Waals surface area contributed by atoms with Crippen molar-refractivity contribution in [2.45, 2.75) is 13.0 Å². The number of aliphatic hydroxyl groups excluding tert-OH is 1. The lowest BCUT2D eigenvalue weighted by Gasteiger charge is -2.24. The van der Waals surface area contributed by atoms with Crippen molar-refractivity contribution in [3.05, 3.63) is 70.3 Å². The van der Waals surface area contributed by atoms with Crippen LogP contribution in [-0.2, 0) is 4.79 Å². The van der Waals surface area contributed by atoms with E-state index in [9.17, 15) is 19.8 Å². The molecule has 136 valence electrons. The summed E-state index contributed by atoms with van der Waals surface area (Å²) in [6.45, 7) is 1.68. The number of carbonyl (C=O) groups excluding carboxylic acids is 2. The maximum absolute atomic E-state index is 13.0. The lowest BCUT2D eigenvalue weighted by atomic mass is 9.94. The van der Waals surface area contributed by atoms with Crippen molar-refractivity contribution < 1.29 is 24.2 Å². The zero-order chi connectivity index (χ0) is 19.1. The number of nitrogens with zero attached hydrogens (tertiary/aromatic N) is 3. The van der Waals surface area contributed by atoms with Gasteiger partial charge in [0.2, 0.25) is 10.9 Å². The van der Waals surface area contributed by atoms with Gasteiger partial charge in [0, 0.05) is 5.56 Å². The van der Waals surface area contributed by atoms with Crippen LogP contribution in [0.1, 0.15) is 27.9 Å². The minimum atomic E-state index is -1.07. The summed E-state index contributed by atoms with van der Waals surface area (Å²) >= 11 is 1.07. The summed E-state index contributed by atoms with van der Waals surface area (Å²) in [5.41, 5.74) is 1.51. The Labute approximate surface area is 157 Å². The number of aromatic nitrogens is 2. The first-order chi connectivity index (χ1) is 13.0. The SMILES string of the molecule is Cc1ccc(C(=O)C2=C(O)C(=O)N(c3nncs3)C2c2ccccc2O)o1. The highest BCUT2D eigenvalue weighted by Crippen LogP contribution is 2.44. The zero-order valence-corrected chi connectivity index (χ0v) is 14.8. The normalized spacial score (nSPS) is 17.0. The molecule has 27 heavy (non-hydrogen) atoms. The fraction of sp³-hybridized carbons (Fsp3) is 0.111. The molecule has 8 nitrogen and oxygen atoms in total. The van der Waals surface area contributed by atoms with E-state index in [0.717, 1.165) is 16.2 Å². The Morgan fingerprint density at radius 3 is 2.63 bits per heavy atom. The maximum atomic E-state index is 13.0. The van der Waals surface area contributed by atoms with Crippen LogP contribution in [0.15, 0.2) is 57.7 Å². The predicted octanol–water partition coefficient (Wildman–Crippen LogP) is 2.93. The average Bonchev–Trinajstić information content (AvgIpc) is 3.37. The van der Waals surface area contributed by atoms with Crippen molar-refractivity contribution >= 4 is 28.2 Å². The lowest BCUT2D eigenvalue weighted by molar-refractivity contribution is -0.117. The number of para-hydroxylation sites is 1. The van der Waals surface area contributed by atoms with Crippen molar-refractivity contribution in [3.8, 4) is 5.75 Å². The van der Waals surface area contributed by atoms with Crippen LogP contribution in [0.25, 0.3) is 0 Å². The molecule has 0 bridgehead atoms. The lowest BCUT2D eigenvalue weighted by Crippen LogP contribution is -2.31. The van der Waals surface area contributed by atoms with Gasteiger partial charge in [0.05, 0.1) is 5.57 Å². The fourth-order valence-corrected chi connectivity index (χ4v) is 3.59. The number of aryl methyl sites for hydroxylation is 1. The monoisotopic (exact) mass is 383 g/mol. The first-order valence-corrected chi connectivity index (χ1v) is 8.79. The van der Waals surface area contributed by atoms with Crippen molar-refractivity contribution in [1.29, 1.82) is 0 Å². The number of ketones is 1. The third-order valence-corrected chi connectivity index (χ3v) is 4.89. The quantitative estimate of drug-likeness (QED) is 0.665. The molecule has 3 heterocycles. The zero-order valence-electron chi connectivity index (χ0n) is 14.0. The van der Waals surface area contributed by atoms with Gasteiger partial charge in [-0.15, -0.1) is 10.2 Å². The number of phenols is 1. The molecular weight excluding hydrogens is 370 g/mol. The molecule has 0 spiro atoms. The summed E-state index contributed by atoms with van der Waals surface area (Å²) in [6, 6.07) is 8.30. The number of hydrogen-bond donors (Lipinski definition) is 2. The number of rotatable bonds is 4. The van der Waals surface area contributed by atoms with E-state index >= 15 is 0 Å². The first kappa shape index (κ1) is 17.0. The summed E-state index contributed by atoms with van der Waals surface area (Å²) in [5.74, 6) is -1.77. The molecule has 0 saturated carbocycles. The molecule has 1 atom stereocenters. The standard InChI is InChI=1S/C18H13N3O5S/c1-9-6-7-12(26-9)15(23)13-14(10-4-2-3-5-11(10)22)21(17(25)16(13)24)18-20-19-8-27-18/h2-8,14,22,24H,1H3. The highest BCUT2D eigenvalue weighted by Gasteiger charge is 2.47. The van der Waals surface area contributed by atoms with Crippen molar-refractivity contribution in [2.24, 2.45) is 0 Å². The summed E-state index contributed by atoms with van der Waals surface area (Å²) < 4.78 is 5.37. The number of phenolic OH excluding ortho intramolecular Hbond substituents is 1. The molecule has 1 unspecified atom stereocenters. The van der Waals surface area contributed by atoms with Gasteiger partial charge in [-0.25, -0.2) is 0 Å². The van der Waals surface area contributed by atoms with Crippen LogP contribution in [-0.4, -0.2) is 32.1 Å². The smallest absolute Gasteiger partial charge is 0.296 e. The Morgan fingerprint density at radius 1 is 1.22 bits per heavy atom. The van der Waals surface area contributed by atoms with Gasteiger partial charge in [0.15, 0.2) is 11.5 Å². The number of Topliss-reactive ketones (excluding diaryl/α,β-unsaturated/α-hetero) is 1. The number of anilines is 1. The molecule has 2 N–H and O–H groups in total. The van der Waals surface area contributed by atoms with Crippen LogP contribution in [0, 0.1) is 6.92 Å². The van der Waals surface area contributed by atoms with E-state index in [1.807, 2.05) is 0 Å². The van der Waals surface area contributed by atoms with Gasteiger partial charge in [-0.2, -0.15) is 0 Å². The number of aromatic hydroxyl groups is 1. The highest BCUT2D eigenvalue weighted by atomic mass is 32.1. The van der Waals surface area contributed by atoms with Gasteiger partial charge < -0.3 is 14.6 Å². The minimum absolute atomic E-state index is 0.0126. The number of aliphatic hydroxyl groups is 1. The third kappa shape index (κ3) is 2.68. The second kappa shape index (κ2) is 6.36. The minimum Gasteiger partial charge on any atom is -0.508 e. The molecular formula is C18H13N3O5S. The molecule has 0 fully saturated rings. The number of amides is 1. The second-order valence-electron chi connectivity index (χ2n) is 5.86. The van der Waals surface area contributed by atoms with Crippen molar-refractivity contribution in [1.82, 2.24) is 10.2 Å². The van der Waals surface area contributed by atoms with Gasteiger partial charge in [-0.3, -0.25) is 14.5 Å². The van der Waals surface area contributed by atoms with Crippen molar-refractivity contribution in [2.75, 3.05) is 4.90 Å². The molecule has 2 aromatic heterocycles. The predicted molar refractivity (Wildman–Crippen MR) is 95.7 cm³/mol. The van der Waals surface area contributed by atoms with E-state index in [-0.39, 0.29) is 27.8 Å². The van der Waals surface area contributed by atoms with Gasteiger partial charge in [-0.05, 0) is 25.1 Å². The van der Waals surface area contributed by atoms with E-state index in [4.69, 9.17) is 4.42 Å². The fourth-order valence-electron chi connectivity index (χ4n) is 3.01. The van der Waals surface area contributed by atoms with Gasteiger partial charge >= 0.3 is 0 Å². The van der Waals surface area contributed by atoms with E-state index in [0.29, 0.717) is 5.76 Å². The van der Waals surface area contributed by atoms with Crippen LogP contribution in [0.4, 0.5) is 5.13 Å². The first-order valence-electron chi connectivity index (χ1n) is 7.91. The average molecular weight is 383 g/mol. The van der Waals surface area contributed by atoms with E-state index in [1.165, 1.54) is 17.6 Å². The summed E-state index contributed by atoms with van der Waals surface area (Å²) in [6.07, 6.45) is 0. The molecule has 1 aliphatic rings. The molecule has 1 aromatic carbocycles. The number of carbonyl (C=O) groups is 2. The molecule has 0 aliphatic carbocycles. The van der Waals surface area contributed by atoms with Gasteiger partial charge in [0.1, 0.15) is 23.1 Å². The maximum Gasteiger partial charge on any atom is 0.296 e. The van der Waals surface area contributed by atoms with Gasteiger partial charge in [-0.1, -0.05) is 29.5 Å². The Hall–Kier alpha value is -3.46. The summed E-state index contributed by atoms with van der Waals surface area (Å²) in [5, 5.41) is 28.6. The summed E-state index contributed by atoms with van der Waals surface area (Å²) in [7, 11) is 0. The molecule has 1 amide bonds. The Kier molecular flexibility index (Phi) is 4.00. The molecule has 3 aromatic rings. The Balaban J connectivity index is 1.90. The highest BCUT2D eigenvalue weighted by molar-refractivity contribution is 7.13. The molecule has 9 heteroatoms. The van der Waals surface area contributed by atoms with Crippen LogP contribution < -0.4 is 4.90 Å². The number of benzene rings is 1. The molecule has 0 saturated heterocycles. The van der Waals surface area contributed by atoms with Gasteiger partial charge in [0.25, 0.3) is 5.91 Å². The van der Waals surface area contributed by atoms with Crippen LogP contribution in [0.2, 0.25) is 0 Å². The van der Waals surface area contributed by atoms with Crippen LogP contribution in [0.5, 0.6) is 5.75 Å². The largest absolute Gasteiger partial charge is 0.508 e. The second-order valence-corrected chi connectivity index (χ2v) is 6.67. The number of furan rings is 1. The molecule has 4 rings (SSSR count). The Morgan fingerprint density at radius 2 is 2.00 bits per heavy atom. The molecule has 1 aliphatic heterocycles. The van der Waals surface area contributed by atoms with E-state index in [2.05, 4.69) is 10.2 Å². The Bertz CT molecular complexity index is 1070. The molecule has 0 radical (unpaired) electrons. The van der Waals surface area contributed by atoms with Crippen LogP contribution >= 0.6 is 11.3 Å². The van der Waals surface area contributed by atoms with E-state index < -0.39 is 23.5 Å². The topological polar surface area (TPSA) is 117 Å². The number of hydrogen-bond acceptors (Lipinski definition) is 8. The van der Waals surface area contributed by atoms with Crippen LogP contribution in [0.3, 0.4) is 0 Å². The van der Waals surface area contributed by atoms with Crippen molar-refractivity contribution in [3.63, 3.8) is 0 Å². The van der Waals surface area contributed by atoms with E-state index in [1.54, 1.807) is 31.2 Å². The summed E-state index contributed by atoms with van der Waals surface area (Å²) in [4.78, 5) is 26.9.